The first-order valence-corrected chi connectivity index (χ1v) is 10.5. The first-order chi connectivity index (χ1) is 13.7. The van der Waals surface area contributed by atoms with Crippen molar-refractivity contribution in [3.8, 4) is 16.4 Å². The highest BCUT2D eigenvalue weighted by molar-refractivity contribution is 9.10. The Morgan fingerprint density at radius 1 is 1.07 bits per heavy atom. The Morgan fingerprint density at radius 2 is 1.93 bits per heavy atom. The lowest BCUT2D eigenvalue weighted by Gasteiger charge is -2.15. The molecule has 28 heavy (non-hydrogen) atoms. The van der Waals surface area contributed by atoms with Gasteiger partial charge in [-0.3, -0.25) is 4.79 Å². The van der Waals surface area contributed by atoms with Gasteiger partial charge in [-0.2, -0.15) is 0 Å². The second-order valence-electron chi connectivity index (χ2n) is 6.46. The van der Waals surface area contributed by atoms with Crippen molar-refractivity contribution in [1.82, 2.24) is 14.8 Å². The smallest absolute Gasteiger partial charge is 0.297 e. The van der Waals surface area contributed by atoms with E-state index in [9.17, 15) is 4.79 Å². The second kappa shape index (κ2) is 7.00. The zero-order chi connectivity index (χ0) is 19.1. The fourth-order valence-electron chi connectivity index (χ4n) is 3.42. The Kier molecular flexibility index (Phi) is 4.33. The van der Waals surface area contributed by atoms with Crippen molar-refractivity contribution >= 4 is 38.9 Å². The van der Waals surface area contributed by atoms with Crippen molar-refractivity contribution in [3.05, 3.63) is 81.9 Å². The van der Waals surface area contributed by atoms with E-state index in [1.54, 1.807) is 20.9 Å². The van der Waals surface area contributed by atoms with Crippen LogP contribution >= 0.6 is 27.3 Å². The molecule has 2 aromatic heterocycles. The molecule has 7 heteroatoms. The molecule has 0 fully saturated rings. The van der Waals surface area contributed by atoms with Crippen LogP contribution < -0.4 is 4.90 Å². The number of fused-ring (bicyclic) bond motifs is 1. The van der Waals surface area contributed by atoms with E-state index in [2.05, 4.69) is 32.1 Å². The number of carbonyl (C=O) groups excluding carboxylic acids is 1. The molecule has 1 aliphatic heterocycles. The minimum Gasteiger partial charge on any atom is -0.305 e. The minimum absolute atomic E-state index is 0.173. The number of hydrogen-bond acceptors (Lipinski definition) is 4. The van der Waals surface area contributed by atoms with Crippen molar-refractivity contribution in [1.29, 1.82) is 0 Å². The van der Waals surface area contributed by atoms with Gasteiger partial charge in [-0.1, -0.05) is 40.2 Å². The molecule has 5 rings (SSSR count). The molecule has 2 aromatic carbocycles. The summed E-state index contributed by atoms with van der Waals surface area (Å²) in [7, 11) is 0. The van der Waals surface area contributed by atoms with Crippen molar-refractivity contribution in [2.45, 2.75) is 6.42 Å². The Hall–Kier alpha value is -2.77. The first kappa shape index (κ1) is 17.3. The molecule has 5 nitrogen and oxygen atoms in total. The zero-order valence-electron chi connectivity index (χ0n) is 14.7. The van der Waals surface area contributed by atoms with Gasteiger partial charge in [0.1, 0.15) is 0 Å². The summed E-state index contributed by atoms with van der Waals surface area (Å²) in [5.41, 5.74) is 2.97. The fourth-order valence-corrected chi connectivity index (χ4v) is 4.53. The minimum atomic E-state index is -0.173. The number of aromatic nitrogens is 3. The maximum atomic E-state index is 13.2. The molecule has 0 spiro atoms. The summed E-state index contributed by atoms with van der Waals surface area (Å²) in [5.74, 6) is 0.719. The summed E-state index contributed by atoms with van der Waals surface area (Å²) < 4.78 is 2.77. The highest BCUT2D eigenvalue weighted by atomic mass is 79.9. The number of amides is 1. The molecule has 138 valence electrons. The van der Waals surface area contributed by atoms with E-state index in [-0.39, 0.29) is 11.7 Å². The summed E-state index contributed by atoms with van der Waals surface area (Å²) in [6.07, 6.45) is 0.831. The maximum absolute atomic E-state index is 13.2. The number of hydrogen-bond donors (Lipinski definition) is 0. The predicted octanol–water partition coefficient (Wildman–Crippen LogP) is 4.96. The van der Waals surface area contributed by atoms with Crippen LogP contribution in [-0.2, 0) is 6.42 Å². The van der Waals surface area contributed by atoms with Gasteiger partial charge in [0, 0.05) is 16.7 Å². The highest BCUT2D eigenvalue weighted by Gasteiger charge is 2.29. The summed E-state index contributed by atoms with van der Waals surface area (Å²) in [6, 6.07) is 19.7. The van der Waals surface area contributed by atoms with Gasteiger partial charge in [0.15, 0.2) is 5.82 Å². The van der Waals surface area contributed by atoms with E-state index >= 15 is 0 Å². The van der Waals surface area contributed by atoms with Gasteiger partial charge in [0.05, 0.1) is 10.6 Å². The lowest BCUT2D eigenvalue weighted by Crippen LogP contribution is -2.30. The molecular weight excluding hydrogens is 436 g/mol. The van der Waals surface area contributed by atoms with Crippen LogP contribution in [0.2, 0.25) is 0 Å². The van der Waals surface area contributed by atoms with Crippen LogP contribution in [0.3, 0.4) is 0 Å². The van der Waals surface area contributed by atoms with Crippen LogP contribution in [0, 0.1) is 0 Å². The molecule has 1 aliphatic rings. The quantitative estimate of drug-likeness (QED) is 0.443. The molecule has 0 unspecified atom stereocenters. The van der Waals surface area contributed by atoms with Crippen LogP contribution in [0.4, 0.5) is 5.69 Å². The Morgan fingerprint density at radius 3 is 2.71 bits per heavy atom. The second-order valence-corrected chi connectivity index (χ2v) is 8.33. The lowest BCUT2D eigenvalue weighted by molar-refractivity contribution is 0.0979. The largest absolute Gasteiger partial charge is 0.305 e. The molecule has 0 saturated heterocycles. The van der Waals surface area contributed by atoms with Gasteiger partial charge in [0.2, 0.25) is 5.82 Å². The topological polar surface area (TPSA) is 51.0 Å². The van der Waals surface area contributed by atoms with E-state index in [4.69, 9.17) is 0 Å². The molecule has 0 aliphatic carbocycles. The maximum Gasteiger partial charge on any atom is 0.297 e. The van der Waals surface area contributed by atoms with Crippen molar-refractivity contribution in [2.75, 3.05) is 11.4 Å². The molecule has 0 saturated carbocycles. The molecule has 4 aromatic rings. The third kappa shape index (κ3) is 2.96. The van der Waals surface area contributed by atoms with E-state index in [1.807, 2.05) is 60.0 Å². The van der Waals surface area contributed by atoms with Crippen molar-refractivity contribution < 1.29 is 4.79 Å². The summed E-state index contributed by atoms with van der Waals surface area (Å²) >= 11 is 5.08. The van der Waals surface area contributed by atoms with Crippen LogP contribution in [0.25, 0.3) is 16.4 Å². The third-order valence-electron chi connectivity index (χ3n) is 4.72. The number of nitrogens with zero attached hydrogens (tertiary/aromatic N) is 4. The summed E-state index contributed by atoms with van der Waals surface area (Å²) in [4.78, 5) is 20.6. The monoisotopic (exact) mass is 450 g/mol. The molecule has 0 N–H and O–H groups in total. The van der Waals surface area contributed by atoms with Crippen molar-refractivity contribution in [2.24, 2.45) is 0 Å². The predicted molar refractivity (Wildman–Crippen MR) is 114 cm³/mol. The average molecular weight is 451 g/mol. The van der Waals surface area contributed by atoms with E-state index < -0.39 is 0 Å². The van der Waals surface area contributed by atoms with Gasteiger partial charge < -0.3 is 4.90 Å². The molecule has 3 heterocycles. The Bertz CT molecular complexity index is 1150. The summed E-state index contributed by atoms with van der Waals surface area (Å²) in [5, 5.41) is 6.58. The van der Waals surface area contributed by atoms with Gasteiger partial charge in [-0.15, -0.1) is 16.4 Å². The normalized spacial score (nSPS) is 13.0. The van der Waals surface area contributed by atoms with Crippen LogP contribution in [0.1, 0.15) is 16.2 Å². The molecule has 0 atom stereocenters. The lowest BCUT2D eigenvalue weighted by atomic mass is 10.2. The molecule has 0 bridgehead atoms. The SMILES string of the molecule is O=C(c1nc(-c2cccs2)n(-c2ccccc2)n1)N1CCc2cc(Br)ccc21. The van der Waals surface area contributed by atoms with Gasteiger partial charge in [0.25, 0.3) is 5.91 Å². The average Bonchev–Trinajstić information content (AvgIpc) is 3.46. The van der Waals surface area contributed by atoms with Crippen LogP contribution in [0.5, 0.6) is 0 Å². The van der Waals surface area contributed by atoms with Gasteiger partial charge in [-0.25, -0.2) is 9.67 Å². The molecular formula is C21H15BrN4OS. The third-order valence-corrected chi connectivity index (χ3v) is 6.08. The number of thiophene rings is 1. The fraction of sp³-hybridized carbons (Fsp3) is 0.0952. The van der Waals surface area contributed by atoms with E-state index in [1.165, 1.54) is 0 Å². The Balaban J connectivity index is 1.58. The number of rotatable bonds is 3. The molecule has 1 amide bonds. The van der Waals surface area contributed by atoms with Gasteiger partial charge in [-0.05, 0) is 53.8 Å². The Labute approximate surface area is 174 Å². The standard InChI is InChI=1S/C21H15BrN4OS/c22-15-8-9-17-14(13-15)10-11-25(17)21(27)19-23-20(18-7-4-12-28-18)26(24-19)16-5-2-1-3-6-16/h1-9,12-13H,10-11H2. The highest BCUT2D eigenvalue weighted by Crippen LogP contribution is 2.32. The van der Waals surface area contributed by atoms with E-state index in [0.29, 0.717) is 12.4 Å². The number of benzene rings is 2. The number of para-hydroxylation sites is 1. The van der Waals surface area contributed by atoms with Gasteiger partial charge >= 0.3 is 0 Å². The zero-order valence-corrected chi connectivity index (χ0v) is 17.2. The van der Waals surface area contributed by atoms with Crippen LogP contribution in [0.15, 0.2) is 70.5 Å². The number of anilines is 1. The van der Waals surface area contributed by atoms with Crippen molar-refractivity contribution in [3.63, 3.8) is 0 Å². The number of halogens is 1. The molecule has 0 radical (unpaired) electrons. The van der Waals surface area contributed by atoms with E-state index in [0.717, 1.165) is 32.7 Å². The summed E-state index contributed by atoms with van der Waals surface area (Å²) in [6.45, 7) is 0.638. The van der Waals surface area contributed by atoms with Crippen LogP contribution in [-0.4, -0.2) is 27.2 Å². The first-order valence-electron chi connectivity index (χ1n) is 8.87. The number of carbonyl (C=O) groups is 1.